The first-order valence-corrected chi connectivity index (χ1v) is 5.32. The van der Waals surface area contributed by atoms with Crippen molar-refractivity contribution in [1.82, 2.24) is 0 Å². The van der Waals surface area contributed by atoms with Crippen LogP contribution >= 0.6 is 0 Å². The standard InChI is InChI=1S/C12H14O3/c1-2-4-9(5-3-1)6-13-7-10-12-11(15-12)8-14-10/h1-5,10-12H,6-8H2. The number of ether oxygens (including phenoxy) is 3. The lowest BCUT2D eigenvalue weighted by Gasteiger charge is -2.11. The summed E-state index contributed by atoms with van der Waals surface area (Å²) in [7, 11) is 0. The third-order valence-electron chi connectivity index (χ3n) is 2.86. The molecule has 0 aromatic heterocycles. The second-order valence-corrected chi connectivity index (χ2v) is 4.01. The minimum absolute atomic E-state index is 0.152. The monoisotopic (exact) mass is 206 g/mol. The molecule has 3 unspecified atom stereocenters. The molecule has 0 spiro atoms. The molecular weight excluding hydrogens is 192 g/mol. The zero-order valence-corrected chi connectivity index (χ0v) is 8.46. The van der Waals surface area contributed by atoms with Gasteiger partial charge in [-0.2, -0.15) is 0 Å². The average Bonchev–Trinajstić information content (AvgIpc) is 2.96. The van der Waals surface area contributed by atoms with Crippen LogP contribution in [-0.2, 0) is 20.8 Å². The van der Waals surface area contributed by atoms with E-state index < -0.39 is 0 Å². The largest absolute Gasteiger partial charge is 0.374 e. The summed E-state index contributed by atoms with van der Waals surface area (Å²) < 4.78 is 16.5. The second-order valence-electron chi connectivity index (χ2n) is 4.01. The molecule has 0 aliphatic carbocycles. The molecule has 3 rings (SSSR count). The van der Waals surface area contributed by atoms with Gasteiger partial charge in [0.1, 0.15) is 18.3 Å². The van der Waals surface area contributed by atoms with Crippen molar-refractivity contribution in [2.75, 3.05) is 13.2 Å². The summed E-state index contributed by atoms with van der Waals surface area (Å²) in [5.74, 6) is 0. The molecule has 2 saturated heterocycles. The molecule has 0 N–H and O–H groups in total. The fraction of sp³-hybridized carbons (Fsp3) is 0.500. The molecule has 3 atom stereocenters. The lowest BCUT2D eigenvalue weighted by Crippen LogP contribution is -2.21. The highest BCUT2D eigenvalue weighted by Gasteiger charge is 2.51. The van der Waals surface area contributed by atoms with Gasteiger partial charge in [-0.25, -0.2) is 0 Å². The Kier molecular flexibility index (Phi) is 2.44. The van der Waals surface area contributed by atoms with Crippen LogP contribution in [0.5, 0.6) is 0 Å². The lowest BCUT2D eigenvalue weighted by molar-refractivity contribution is -0.0322. The molecule has 0 saturated carbocycles. The summed E-state index contributed by atoms with van der Waals surface area (Å²) in [6, 6.07) is 10.2. The molecule has 80 valence electrons. The number of fused-ring (bicyclic) bond motifs is 1. The fourth-order valence-electron chi connectivity index (χ4n) is 1.94. The third-order valence-corrected chi connectivity index (χ3v) is 2.86. The van der Waals surface area contributed by atoms with Gasteiger partial charge in [0.15, 0.2) is 0 Å². The molecule has 1 aromatic carbocycles. The van der Waals surface area contributed by atoms with Crippen molar-refractivity contribution in [3.05, 3.63) is 35.9 Å². The normalized spacial score (nSPS) is 32.7. The topological polar surface area (TPSA) is 31.0 Å². The van der Waals surface area contributed by atoms with Gasteiger partial charge >= 0.3 is 0 Å². The predicted molar refractivity (Wildman–Crippen MR) is 54.5 cm³/mol. The summed E-state index contributed by atoms with van der Waals surface area (Å²) in [5.41, 5.74) is 1.20. The number of hydrogen-bond donors (Lipinski definition) is 0. The number of rotatable bonds is 4. The Morgan fingerprint density at radius 2 is 2.13 bits per heavy atom. The predicted octanol–water partition coefficient (Wildman–Crippen LogP) is 1.37. The maximum atomic E-state index is 5.60. The summed E-state index contributed by atoms with van der Waals surface area (Å²) in [4.78, 5) is 0. The molecule has 2 aliphatic rings. The van der Waals surface area contributed by atoms with E-state index >= 15 is 0 Å². The Bertz CT molecular complexity index is 325. The van der Waals surface area contributed by atoms with Crippen LogP contribution in [0.4, 0.5) is 0 Å². The van der Waals surface area contributed by atoms with Crippen molar-refractivity contribution >= 4 is 0 Å². The van der Waals surface area contributed by atoms with Gasteiger partial charge in [0, 0.05) is 0 Å². The second kappa shape index (κ2) is 3.93. The average molecular weight is 206 g/mol. The Balaban J connectivity index is 1.43. The third kappa shape index (κ3) is 2.04. The quantitative estimate of drug-likeness (QED) is 0.697. The minimum Gasteiger partial charge on any atom is -0.374 e. The van der Waals surface area contributed by atoms with Crippen molar-refractivity contribution < 1.29 is 14.2 Å². The van der Waals surface area contributed by atoms with Crippen LogP contribution in [0.2, 0.25) is 0 Å². The van der Waals surface area contributed by atoms with Crippen molar-refractivity contribution in [1.29, 1.82) is 0 Å². The summed E-state index contributed by atoms with van der Waals surface area (Å²) in [6.45, 7) is 2.03. The molecule has 3 nitrogen and oxygen atoms in total. The zero-order chi connectivity index (χ0) is 10.1. The molecule has 2 fully saturated rings. The van der Waals surface area contributed by atoms with Gasteiger partial charge in [0.25, 0.3) is 0 Å². The van der Waals surface area contributed by atoms with Crippen LogP contribution in [0.1, 0.15) is 5.56 Å². The maximum Gasteiger partial charge on any atom is 0.115 e. The SMILES string of the molecule is c1ccc(COCC2OCC3OC23)cc1. The van der Waals surface area contributed by atoms with E-state index in [9.17, 15) is 0 Å². The first-order valence-electron chi connectivity index (χ1n) is 5.32. The first-order chi connectivity index (χ1) is 7.43. The van der Waals surface area contributed by atoms with E-state index in [1.54, 1.807) is 0 Å². The van der Waals surface area contributed by atoms with Crippen molar-refractivity contribution in [2.45, 2.75) is 24.9 Å². The summed E-state index contributed by atoms with van der Waals surface area (Å²) in [6.07, 6.45) is 0.815. The Morgan fingerprint density at radius 3 is 2.80 bits per heavy atom. The number of benzene rings is 1. The number of hydrogen-bond acceptors (Lipinski definition) is 3. The maximum absolute atomic E-state index is 5.60. The van der Waals surface area contributed by atoms with Crippen LogP contribution < -0.4 is 0 Å². The molecular formula is C12H14O3. The first kappa shape index (κ1) is 9.33. The van der Waals surface area contributed by atoms with Gasteiger partial charge in [-0.1, -0.05) is 30.3 Å². The van der Waals surface area contributed by atoms with Crippen LogP contribution in [0.15, 0.2) is 30.3 Å². The Labute approximate surface area is 89.0 Å². The van der Waals surface area contributed by atoms with Gasteiger partial charge in [-0.05, 0) is 5.56 Å². The van der Waals surface area contributed by atoms with Gasteiger partial charge in [0.2, 0.25) is 0 Å². The van der Waals surface area contributed by atoms with Crippen molar-refractivity contribution in [2.24, 2.45) is 0 Å². The zero-order valence-electron chi connectivity index (χ0n) is 8.46. The van der Waals surface area contributed by atoms with E-state index in [2.05, 4.69) is 12.1 Å². The fourth-order valence-corrected chi connectivity index (χ4v) is 1.94. The molecule has 1 aromatic rings. The van der Waals surface area contributed by atoms with Gasteiger partial charge in [-0.15, -0.1) is 0 Å². The molecule has 2 aliphatic heterocycles. The highest BCUT2D eigenvalue weighted by molar-refractivity contribution is 5.13. The van der Waals surface area contributed by atoms with Crippen LogP contribution in [0, 0.1) is 0 Å². The van der Waals surface area contributed by atoms with E-state index in [1.807, 2.05) is 18.2 Å². The highest BCUT2D eigenvalue weighted by atomic mass is 16.7. The minimum atomic E-state index is 0.152. The highest BCUT2D eigenvalue weighted by Crippen LogP contribution is 2.34. The van der Waals surface area contributed by atoms with Crippen LogP contribution in [-0.4, -0.2) is 31.5 Å². The smallest absolute Gasteiger partial charge is 0.115 e. The van der Waals surface area contributed by atoms with E-state index in [0.717, 1.165) is 6.61 Å². The molecule has 0 amide bonds. The summed E-state index contributed by atoms with van der Waals surface area (Å²) in [5, 5.41) is 0. The summed E-state index contributed by atoms with van der Waals surface area (Å²) >= 11 is 0. The van der Waals surface area contributed by atoms with Gasteiger partial charge in [-0.3, -0.25) is 0 Å². The van der Waals surface area contributed by atoms with Crippen molar-refractivity contribution in [3.63, 3.8) is 0 Å². The molecule has 3 heteroatoms. The van der Waals surface area contributed by atoms with E-state index in [-0.39, 0.29) is 6.10 Å². The van der Waals surface area contributed by atoms with Crippen LogP contribution in [0.3, 0.4) is 0 Å². The molecule has 2 heterocycles. The Hall–Kier alpha value is -0.900. The van der Waals surface area contributed by atoms with Crippen molar-refractivity contribution in [3.8, 4) is 0 Å². The molecule has 0 radical (unpaired) electrons. The van der Waals surface area contributed by atoms with Gasteiger partial charge in [0.05, 0.1) is 19.8 Å². The van der Waals surface area contributed by atoms with E-state index in [1.165, 1.54) is 5.56 Å². The van der Waals surface area contributed by atoms with Crippen LogP contribution in [0.25, 0.3) is 0 Å². The molecule has 15 heavy (non-hydrogen) atoms. The molecule has 0 bridgehead atoms. The Morgan fingerprint density at radius 1 is 1.27 bits per heavy atom. The number of epoxide rings is 1. The van der Waals surface area contributed by atoms with E-state index in [4.69, 9.17) is 14.2 Å². The van der Waals surface area contributed by atoms with Gasteiger partial charge < -0.3 is 14.2 Å². The van der Waals surface area contributed by atoms with E-state index in [0.29, 0.717) is 25.4 Å². The lowest BCUT2D eigenvalue weighted by atomic mass is 10.2.